The summed E-state index contributed by atoms with van der Waals surface area (Å²) in [6, 6.07) is 7.39. The van der Waals surface area contributed by atoms with E-state index in [1.165, 1.54) is 0 Å². The number of ether oxygens (including phenoxy) is 1. The molecule has 0 aliphatic carbocycles. The lowest BCUT2D eigenvalue weighted by molar-refractivity contribution is 0.202. The van der Waals surface area contributed by atoms with Gasteiger partial charge in [-0.25, -0.2) is 0 Å². The van der Waals surface area contributed by atoms with Crippen molar-refractivity contribution in [3.05, 3.63) is 29.3 Å². The van der Waals surface area contributed by atoms with Gasteiger partial charge in [-0.3, -0.25) is 0 Å². The maximum absolute atomic E-state index is 5.76. The van der Waals surface area contributed by atoms with Crippen molar-refractivity contribution in [2.75, 3.05) is 12.4 Å². The maximum Gasteiger partial charge on any atom is 0.119 e. The molecular weight excluding hydrogens is 216 g/mol. The molecule has 0 radical (unpaired) electrons. The third kappa shape index (κ3) is 3.81. The fourth-order valence-electron chi connectivity index (χ4n) is 0.855. The molecule has 0 atom stereocenters. The van der Waals surface area contributed by atoms with Gasteiger partial charge in [0.2, 0.25) is 0 Å². The molecule has 0 fully saturated rings. The minimum atomic E-state index is 0.0999. The van der Waals surface area contributed by atoms with Gasteiger partial charge in [-0.1, -0.05) is 25.4 Å². The number of halogens is 1. The topological polar surface area (TPSA) is 9.23 Å². The summed E-state index contributed by atoms with van der Waals surface area (Å²) < 4.78 is 5.61. The minimum absolute atomic E-state index is 0.0999. The van der Waals surface area contributed by atoms with Crippen molar-refractivity contribution in [2.45, 2.75) is 13.8 Å². The van der Waals surface area contributed by atoms with Crippen molar-refractivity contribution in [3.63, 3.8) is 0 Å². The number of hydrogen-bond donors (Lipinski definition) is 1. The molecule has 3 heteroatoms. The highest BCUT2D eigenvalue weighted by molar-refractivity contribution is 7.80. The summed E-state index contributed by atoms with van der Waals surface area (Å²) >= 11 is 10.0. The molecular formula is C11H15ClOS. The van der Waals surface area contributed by atoms with Crippen molar-refractivity contribution in [3.8, 4) is 5.75 Å². The largest absolute Gasteiger partial charge is 0.493 e. The van der Waals surface area contributed by atoms with Crippen molar-refractivity contribution >= 4 is 24.2 Å². The lowest BCUT2D eigenvalue weighted by Crippen LogP contribution is -2.23. The lowest BCUT2D eigenvalue weighted by Gasteiger charge is -2.22. The molecule has 0 bridgehead atoms. The Labute approximate surface area is 95.8 Å². The number of thiol groups is 1. The van der Waals surface area contributed by atoms with Crippen LogP contribution in [0.25, 0.3) is 0 Å². The molecule has 1 rings (SSSR count). The second-order valence-corrected chi connectivity index (χ2v) is 4.82. The average molecular weight is 231 g/mol. The van der Waals surface area contributed by atoms with Crippen LogP contribution in [0.5, 0.6) is 5.75 Å². The third-order valence-electron chi connectivity index (χ3n) is 1.87. The van der Waals surface area contributed by atoms with Gasteiger partial charge in [0.05, 0.1) is 6.61 Å². The highest BCUT2D eigenvalue weighted by Gasteiger charge is 2.16. The van der Waals surface area contributed by atoms with Gasteiger partial charge in [-0.05, 0) is 30.0 Å². The Bertz CT molecular complexity index is 282. The molecule has 0 aliphatic rings. The van der Waals surface area contributed by atoms with Crippen LogP contribution in [0, 0.1) is 5.41 Å². The average Bonchev–Trinajstić information content (AvgIpc) is 2.17. The van der Waals surface area contributed by atoms with Crippen LogP contribution in [-0.2, 0) is 0 Å². The van der Waals surface area contributed by atoms with E-state index in [4.69, 9.17) is 16.3 Å². The van der Waals surface area contributed by atoms with E-state index in [1.807, 2.05) is 24.3 Å². The van der Waals surface area contributed by atoms with Crippen LogP contribution in [0.4, 0.5) is 0 Å². The van der Waals surface area contributed by atoms with Gasteiger partial charge < -0.3 is 4.74 Å². The van der Waals surface area contributed by atoms with Gasteiger partial charge in [0, 0.05) is 10.4 Å². The molecule has 0 aliphatic heterocycles. The molecule has 14 heavy (non-hydrogen) atoms. The first-order valence-corrected chi connectivity index (χ1v) is 5.54. The molecule has 1 aromatic rings. The van der Waals surface area contributed by atoms with E-state index in [1.54, 1.807) is 0 Å². The van der Waals surface area contributed by atoms with Gasteiger partial charge in [0.25, 0.3) is 0 Å². The van der Waals surface area contributed by atoms with E-state index >= 15 is 0 Å². The lowest BCUT2D eigenvalue weighted by atomic mass is 9.98. The van der Waals surface area contributed by atoms with Crippen LogP contribution in [-0.4, -0.2) is 12.4 Å². The normalized spacial score (nSPS) is 11.4. The van der Waals surface area contributed by atoms with Gasteiger partial charge in [-0.15, -0.1) is 0 Å². The number of hydrogen-bond acceptors (Lipinski definition) is 2. The first kappa shape index (κ1) is 11.7. The summed E-state index contributed by atoms with van der Waals surface area (Å²) in [4.78, 5) is 0. The molecule has 0 heterocycles. The molecule has 1 aromatic carbocycles. The van der Waals surface area contributed by atoms with Gasteiger partial charge in [-0.2, -0.15) is 12.6 Å². The summed E-state index contributed by atoms with van der Waals surface area (Å²) in [6.07, 6.45) is 0. The molecule has 0 unspecified atom stereocenters. The van der Waals surface area contributed by atoms with Crippen LogP contribution < -0.4 is 4.74 Å². The Balaban J connectivity index is 2.50. The molecule has 1 nitrogen and oxygen atoms in total. The zero-order valence-corrected chi connectivity index (χ0v) is 10.1. The molecule has 0 aromatic heterocycles. The summed E-state index contributed by atoms with van der Waals surface area (Å²) in [5.41, 5.74) is 0.0999. The standard InChI is InChI=1S/C11H15ClOS/c1-11(2,8-14)7-13-10-5-3-9(12)4-6-10/h3-6,14H,7-8H2,1-2H3. The maximum atomic E-state index is 5.76. The van der Waals surface area contributed by atoms with Crippen molar-refractivity contribution in [1.82, 2.24) is 0 Å². The molecule has 0 amide bonds. The van der Waals surface area contributed by atoms with E-state index in [-0.39, 0.29) is 5.41 Å². The van der Waals surface area contributed by atoms with Crippen LogP contribution in [0.1, 0.15) is 13.8 Å². The minimum Gasteiger partial charge on any atom is -0.493 e. The van der Waals surface area contributed by atoms with Crippen LogP contribution >= 0.6 is 24.2 Å². The van der Waals surface area contributed by atoms with Crippen molar-refractivity contribution in [1.29, 1.82) is 0 Å². The molecule has 0 saturated carbocycles. The first-order valence-electron chi connectivity index (χ1n) is 4.53. The monoisotopic (exact) mass is 230 g/mol. The second kappa shape index (κ2) is 4.94. The molecule has 78 valence electrons. The fraction of sp³-hybridized carbons (Fsp3) is 0.455. The summed E-state index contributed by atoms with van der Waals surface area (Å²) in [5, 5.41) is 0.728. The van der Waals surface area contributed by atoms with Crippen molar-refractivity contribution in [2.24, 2.45) is 5.41 Å². The smallest absolute Gasteiger partial charge is 0.119 e. The van der Waals surface area contributed by atoms with Gasteiger partial charge >= 0.3 is 0 Å². The summed E-state index contributed by atoms with van der Waals surface area (Å²) in [7, 11) is 0. The first-order chi connectivity index (χ1) is 6.53. The van der Waals surface area contributed by atoms with Crippen molar-refractivity contribution < 1.29 is 4.74 Å². The Kier molecular flexibility index (Phi) is 4.14. The fourth-order valence-corrected chi connectivity index (χ4v) is 1.07. The van der Waals surface area contributed by atoms with E-state index in [0.29, 0.717) is 6.61 Å². The Morgan fingerprint density at radius 1 is 1.29 bits per heavy atom. The van der Waals surface area contributed by atoms with E-state index in [0.717, 1.165) is 16.5 Å². The highest BCUT2D eigenvalue weighted by atomic mass is 35.5. The predicted molar refractivity (Wildman–Crippen MR) is 64.6 cm³/mol. The second-order valence-electron chi connectivity index (χ2n) is 4.06. The van der Waals surface area contributed by atoms with Gasteiger partial charge in [0.1, 0.15) is 5.75 Å². The Morgan fingerprint density at radius 3 is 2.36 bits per heavy atom. The quantitative estimate of drug-likeness (QED) is 0.777. The highest BCUT2D eigenvalue weighted by Crippen LogP contribution is 2.21. The zero-order valence-electron chi connectivity index (χ0n) is 8.46. The van der Waals surface area contributed by atoms with Crippen LogP contribution in [0.3, 0.4) is 0 Å². The van der Waals surface area contributed by atoms with E-state index in [9.17, 15) is 0 Å². The Morgan fingerprint density at radius 2 is 1.86 bits per heavy atom. The predicted octanol–water partition coefficient (Wildman–Crippen LogP) is 3.67. The van der Waals surface area contributed by atoms with Gasteiger partial charge in [0.15, 0.2) is 0 Å². The molecule has 0 spiro atoms. The zero-order chi connectivity index (χ0) is 10.6. The SMILES string of the molecule is CC(C)(CS)COc1ccc(Cl)cc1. The van der Waals surface area contributed by atoms with Crippen LogP contribution in [0.15, 0.2) is 24.3 Å². The number of benzene rings is 1. The van der Waals surface area contributed by atoms with E-state index in [2.05, 4.69) is 26.5 Å². The van der Waals surface area contributed by atoms with E-state index < -0.39 is 0 Å². The molecule has 0 saturated heterocycles. The van der Waals surface area contributed by atoms with Crippen LogP contribution in [0.2, 0.25) is 5.02 Å². The summed E-state index contributed by atoms with van der Waals surface area (Å²) in [6.45, 7) is 4.91. The molecule has 0 N–H and O–H groups in total. The Hall–Kier alpha value is -0.340. The summed E-state index contributed by atoms with van der Waals surface area (Å²) in [5.74, 6) is 1.66. The number of rotatable bonds is 4. The third-order valence-corrected chi connectivity index (χ3v) is 2.98.